The molecule has 5 nitrogen and oxygen atoms in total. The molecule has 0 saturated heterocycles. The highest BCUT2D eigenvalue weighted by atomic mass is 35.5. The van der Waals surface area contributed by atoms with Crippen molar-refractivity contribution in [2.75, 3.05) is 20.6 Å². The van der Waals surface area contributed by atoms with Crippen molar-refractivity contribution in [1.29, 1.82) is 0 Å². The molecule has 1 aromatic carbocycles. The summed E-state index contributed by atoms with van der Waals surface area (Å²) in [5.41, 5.74) is 1.57. The standard InChI is InChI=1S/C18H22ClN3O2S/c1-4-22(12-15-9-10-16(19)25-15)18(24)20-11-13-5-7-14(8-6-13)17(23)21(2)3/h5-10H,4,11-12H2,1-3H3,(H,20,24). The van der Waals surface area contributed by atoms with Crippen LogP contribution in [0.5, 0.6) is 0 Å². The minimum absolute atomic E-state index is 0.0395. The molecule has 0 aliphatic carbocycles. The number of rotatable bonds is 6. The second kappa shape index (κ2) is 8.87. The summed E-state index contributed by atoms with van der Waals surface area (Å²) < 4.78 is 0.721. The first-order valence-electron chi connectivity index (χ1n) is 7.98. The smallest absolute Gasteiger partial charge is 0.317 e. The van der Waals surface area contributed by atoms with Gasteiger partial charge in [-0.15, -0.1) is 11.3 Å². The molecule has 0 bridgehead atoms. The predicted molar refractivity (Wildman–Crippen MR) is 102 cm³/mol. The maximum atomic E-state index is 12.3. The van der Waals surface area contributed by atoms with E-state index in [1.54, 1.807) is 31.1 Å². The Hall–Kier alpha value is -2.05. The predicted octanol–water partition coefficient (Wildman–Crippen LogP) is 3.84. The van der Waals surface area contributed by atoms with E-state index in [2.05, 4.69) is 5.32 Å². The van der Waals surface area contributed by atoms with Crippen molar-refractivity contribution in [2.24, 2.45) is 0 Å². The Labute approximate surface area is 157 Å². The number of amides is 3. The van der Waals surface area contributed by atoms with Crippen LogP contribution in [0.25, 0.3) is 0 Å². The number of hydrogen-bond acceptors (Lipinski definition) is 3. The molecule has 1 aromatic heterocycles. The van der Waals surface area contributed by atoms with Crippen molar-refractivity contribution < 1.29 is 9.59 Å². The molecule has 0 radical (unpaired) electrons. The largest absolute Gasteiger partial charge is 0.345 e. The molecule has 0 atom stereocenters. The number of hydrogen-bond donors (Lipinski definition) is 1. The normalized spacial score (nSPS) is 10.4. The highest BCUT2D eigenvalue weighted by Crippen LogP contribution is 2.22. The van der Waals surface area contributed by atoms with E-state index in [1.807, 2.05) is 31.2 Å². The third-order valence-electron chi connectivity index (χ3n) is 3.70. The average Bonchev–Trinajstić information content (AvgIpc) is 3.02. The summed E-state index contributed by atoms with van der Waals surface area (Å²) in [6.45, 7) is 3.50. The minimum atomic E-state index is -0.125. The van der Waals surface area contributed by atoms with Crippen molar-refractivity contribution in [3.8, 4) is 0 Å². The number of carbonyl (C=O) groups excluding carboxylic acids is 2. The zero-order chi connectivity index (χ0) is 18.4. The number of thiophene rings is 1. The van der Waals surface area contributed by atoms with Gasteiger partial charge in [0.2, 0.25) is 0 Å². The van der Waals surface area contributed by atoms with Crippen molar-refractivity contribution in [1.82, 2.24) is 15.1 Å². The van der Waals surface area contributed by atoms with Crippen LogP contribution < -0.4 is 5.32 Å². The van der Waals surface area contributed by atoms with E-state index in [1.165, 1.54) is 16.2 Å². The fraction of sp³-hybridized carbons (Fsp3) is 0.333. The van der Waals surface area contributed by atoms with Crippen LogP contribution in [0.1, 0.15) is 27.7 Å². The number of urea groups is 1. The molecule has 7 heteroatoms. The van der Waals surface area contributed by atoms with Crippen LogP contribution in [0.2, 0.25) is 4.34 Å². The molecule has 0 aliphatic rings. The fourth-order valence-corrected chi connectivity index (χ4v) is 3.37. The Morgan fingerprint density at radius 1 is 1.12 bits per heavy atom. The molecule has 134 valence electrons. The quantitative estimate of drug-likeness (QED) is 0.829. The van der Waals surface area contributed by atoms with Crippen LogP contribution in [-0.2, 0) is 13.1 Å². The zero-order valence-corrected chi connectivity index (χ0v) is 16.2. The second-order valence-electron chi connectivity index (χ2n) is 5.78. The first-order valence-corrected chi connectivity index (χ1v) is 9.17. The van der Waals surface area contributed by atoms with Gasteiger partial charge in [0.1, 0.15) is 0 Å². The van der Waals surface area contributed by atoms with Gasteiger partial charge in [-0.25, -0.2) is 4.79 Å². The Kier molecular flexibility index (Phi) is 6.84. The van der Waals surface area contributed by atoms with Gasteiger partial charge in [0.05, 0.1) is 10.9 Å². The number of nitrogens with one attached hydrogen (secondary N) is 1. The van der Waals surface area contributed by atoms with Crippen LogP contribution in [0.4, 0.5) is 4.79 Å². The maximum absolute atomic E-state index is 12.3. The summed E-state index contributed by atoms with van der Waals surface area (Å²) in [7, 11) is 3.44. The van der Waals surface area contributed by atoms with Gasteiger partial charge in [-0.3, -0.25) is 4.79 Å². The monoisotopic (exact) mass is 379 g/mol. The van der Waals surface area contributed by atoms with E-state index in [-0.39, 0.29) is 11.9 Å². The third-order valence-corrected chi connectivity index (χ3v) is 4.91. The number of carbonyl (C=O) groups is 2. The fourth-order valence-electron chi connectivity index (χ4n) is 2.26. The van der Waals surface area contributed by atoms with Crippen molar-refractivity contribution in [3.63, 3.8) is 0 Å². The molecule has 2 rings (SSSR count). The Balaban J connectivity index is 1.90. The van der Waals surface area contributed by atoms with Crippen LogP contribution in [0.3, 0.4) is 0 Å². The van der Waals surface area contributed by atoms with Crippen LogP contribution >= 0.6 is 22.9 Å². The summed E-state index contributed by atoms with van der Waals surface area (Å²) >= 11 is 7.41. The van der Waals surface area contributed by atoms with E-state index < -0.39 is 0 Å². The van der Waals surface area contributed by atoms with Gasteiger partial charge >= 0.3 is 6.03 Å². The Morgan fingerprint density at radius 2 is 1.80 bits per heavy atom. The molecule has 0 unspecified atom stereocenters. The highest BCUT2D eigenvalue weighted by molar-refractivity contribution is 7.16. The lowest BCUT2D eigenvalue weighted by Crippen LogP contribution is -2.38. The summed E-state index contributed by atoms with van der Waals surface area (Å²) in [5, 5.41) is 2.91. The SMILES string of the molecule is CCN(Cc1ccc(Cl)s1)C(=O)NCc1ccc(C(=O)N(C)C)cc1. The molecule has 0 fully saturated rings. The summed E-state index contributed by atoms with van der Waals surface area (Å²) in [5.74, 6) is -0.0395. The molecule has 25 heavy (non-hydrogen) atoms. The molecule has 2 aromatic rings. The van der Waals surface area contributed by atoms with E-state index in [0.717, 1.165) is 14.8 Å². The molecular formula is C18H22ClN3O2S. The van der Waals surface area contributed by atoms with Crippen molar-refractivity contribution >= 4 is 34.9 Å². The van der Waals surface area contributed by atoms with Crippen LogP contribution in [-0.4, -0.2) is 42.4 Å². The molecule has 0 saturated carbocycles. The first kappa shape index (κ1) is 19.3. The number of benzene rings is 1. The summed E-state index contributed by atoms with van der Waals surface area (Å²) in [6.07, 6.45) is 0. The number of nitrogens with zero attached hydrogens (tertiary/aromatic N) is 2. The lowest BCUT2D eigenvalue weighted by atomic mass is 10.1. The van der Waals surface area contributed by atoms with Gasteiger partial charge in [-0.1, -0.05) is 23.7 Å². The molecule has 1 heterocycles. The van der Waals surface area contributed by atoms with Gasteiger partial charge in [0.15, 0.2) is 0 Å². The zero-order valence-electron chi connectivity index (χ0n) is 14.6. The molecule has 1 N–H and O–H groups in total. The lowest BCUT2D eigenvalue weighted by Gasteiger charge is -2.20. The first-order chi connectivity index (χ1) is 11.9. The van der Waals surface area contributed by atoms with Gasteiger partial charge in [-0.2, -0.15) is 0 Å². The summed E-state index contributed by atoms with van der Waals surface area (Å²) in [6, 6.07) is 10.9. The van der Waals surface area contributed by atoms with Gasteiger partial charge in [0.25, 0.3) is 5.91 Å². The van der Waals surface area contributed by atoms with Gasteiger partial charge in [-0.05, 0) is 36.8 Å². The van der Waals surface area contributed by atoms with E-state index in [0.29, 0.717) is 25.2 Å². The Bertz CT molecular complexity index is 728. The number of halogens is 1. The average molecular weight is 380 g/mol. The van der Waals surface area contributed by atoms with Gasteiger partial charge < -0.3 is 15.1 Å². The van der Waals surface area contributed by atoms with Crippen molar-refractivity contribution in [2.45, 2.75) is 20.0 Å². The van der Waals surface area contributed by atoms with E-state index in [4.69, 9.17) is 11.6 Å². The molecular weight excluding hydrogens is 358 g/mol. The van der Waals surface area contributed by atoms with Gasteiger partial charge in [0, 0.05) is 37.6 Å². The second-order valence-corrected chi connectivity index (χ2v) is 7.57. The van der Waals surface area contributed by atoms with Crippen LogP contribution in [0.15, 0.2) is 36.4 Å². The minimum Gasteiger partial charge on any atom is -0.345 e. The van der Waals surface area contributed by atoms with Crippen molar-refractivity contribution in [3.05, 3.63) is 56.7 Å². The molecule has 3 amide bonds. The van der Waals surface area contributed by atoms with Crippen LogP contribution in [0, 0.1) is 0 Å². The maximum Gasteiger partial charge on any atom is 0.317 e. The highest BCUT2D eigenvalue weighted by Gasteiger charge is 2.13. The van der Waals surface area contributed by atoms with E-state index >= 15 is 0 Å². The van der Waals surface area contributed by atoms with E-state index in [9.17, 15) is 9.59 Å². The summed E-state index contributed by atoms with van der Waals surface area (Å²) in [4.78, 5) is 28.5. The third kappa shape index (κ3) is 5.47. The topological polar surface area (TPSA) is 52.7 Å². The lowest BCUT2D eigenvalue weighted by molar-refractivity contribution is 0.0827. The Morgan fingerprint density at radius 3 is 2.32 bits per heavy atom. The molecule has 0 aliphatic heterocycles. The molecule has 0 spiro atoms.